The van der Waals surface area contributed by atoms with Gasteiger partial charge in [0.05, 0.1) is 12.4 Å². The molecule has 1 aliphatic rings. The van der Waals surface area contributed by atoms with Gasteiger partial charge < -0.3 is 15.1 Å². The lowest BCUT2D eigenvalue weighted by Crippen LogP contribution is -2.47. The zero-order valence-electron chi connectivity index (χ0n) is 17.7. The first kappa shape index (κ1) is 23.0. The lowest BCUT2D eigenvalue weighted by atomic mass is 10.1. The zero-order valence-corrected chi connectivity index (χ0v) is 18.5. The summed E-state index contributed by atoms with van der Waals surface area (Å²) in [6.45, 7) is 8.92. The molecule has 0 unspecified atom stereocenters. The second kappa shape index (κ2) is 11.6. The van der Waals surface area contributed by atoms with Crippen LogP contribution in [0.15, 0.2) is 47.4 Å². The summed E-state index contributed by atoms with van der Waals surface area (Å²) in [7, 11) is 4.07. The van der Waals surface area contributed by atoms with Crippen molar-refractivity contribution in [2.24, 2.45) is 4.99 Å². The third kappa shape index (κ3) is 7.22. The first-order valence-electron chi connectivity index (χ1n) is 10.0. The van der Waals surface area contributed by atoms with E-state index < -0.39 is 0 Å². The number of halogens is 1. The van der Waals surface area contributed by atoms with Gasteiger partial charge in [-0.1, -0.05) is 43.5 Å². The molecule has 0 spiro atoms. The van der Waals surface area contributed by atoms with Gasteiger partial charge in [0.25, 0.3) is 5.91 Å². The fourth-order valence-electron chi connectivity index (χ4n) is 3.01. The van der Waals surface area contributed by atoms with E-state index in [1.54, 1.807) is 29.3 Å². The van der Waals surface area contributed by atoms with E-state index in [-0.39, 0.29) is 5.91 Å². The summed E-state index contributed by atoms with van der Waals surface area (Å²) in [6.07, 6.45) is 6.83. The second-order valence-corrected chi connectivity index (χ2v) is 7.80. The van der Waals surface area contributed by atoms with Crippen LogP contribution in [0, 0.1) is 0 Å². The number of carbonyl (C=O) groups is 1. The molecule has 0 aromatic heterocycles. The van der Waals surface area contributed by atoms with Crippen LogP contribution in [0.5, 0.6) is 0 Å². The van der Waals surface area contributed by atoms with Crippen molar-refractivity contribution in [3.63, 3.8) is 0 Å². The van der Waals surface area contributed by atoms with Gasteiger partial charge in [-0.2, -0.15) is 0 Å². The first-order chi connectivity index (χ1) is 13.9. The van der Waals surface area contributed by atoms with Gasteiger partial charge in [-0.3, -0.25) is 14.7 Å². The molecule has 1 heterocycles. The van der Waals surface area contributed by atoms with Crippen molar-refractivity contribution < 1.29 is 4.79 Å². The lowest BCUT2D eigenvalue weighted by molar-refractivity contribution is -0.126. The number of nitrogens with one attached hydrogen (secondary N) is 1. The molecule has 0 fully saturated rings. The number of unbranched alkanes of at least 4 members (excludes halogenated alkanes) is 2. The summed E-state index contributed by atoms with van der Waals surface area (Å²) < 4.78 is 0. The number of aliphatic imine (C=N–C) groups is 1. The molecule has 0 saturated carbocycles. The molecule has 2 rings (SSSR count). The smallest absolute Gasteiger partial charge is 0.255 e. The highest BCUT2D eigenvalue weighted by Crippen LogP contribution is 2.21. The van der Waals surface area contributed by atoms with E-state index >= 15 is 0 Å². The Hall–Kier alpha value is -2.31. The first-order valence-corrected chi connectivity index (χ1v) is 10.4. The Morgan fingerprint density at radius 3 is 2.66 bits per heavy atom. The van der Waals surface area contributed by atoms with E-state index in [9.17, 15) is 4.79 Å². The van der Waals surface area contributed by atoms with Crippen molar-refractivity contribution >= 4 is 29.9 Å². The molecule has 0 saturated heterocycles. The third-order valence-corrected chi connectivity index (χ3v) is 4.94. The maximum Gasteiger partial charge on any atom is 0.255 e. The van der Waals surface area contributed by atoms with Gasteiger partial charge in [0.1, 0.15) is 5.82 Å². The molecule has 1 aromatic carbocycles. The molecule has 0 atom stereocenters. The van der Waals surface area contributed by atoms with Gasteiger partial charge in [-0.05, 0) is 39.4 Å². The predicted molar refractivity (Wildman–Crippen MR) is 122 cm³/mol. The molecule has 0 bridgehead atoms. The van der Waals surface area contributed by atoms with Crippen molar-refractivity contribution in [3.8, 4) is 0 Å². The Bertz CT molecular complexity index is 742. The highest BCUT2D eigenvalue weighted by Gasteiger charge is 2.23. The lowest BCUT2D eigenvalue weighted by Gasteiger charge is -2.36. The van der Waals surface area contributed by atoms with Crippen LogP contribution in [0.25, 0.3) is 5.70 Å². The second-order valence-electron chi connectivity index (χ2n) is 7.36. The van der Waals surface area contributed by atoms with Crippen molar-refractivity contribution in [1.82, 2.24) is 20.0 Å². The number of nitrogens with zero attached hydrogens (tertiary/aromatic N) is 4. The molecular formula is C22H32ClN5O. The van der Waals surface area contributed by atoms with Gasteiger partial charge in [0, 0.05) is 42.5 Å². The summed E-state index contributed by atoms with van der Waals surface area (Å²) >= 11 is 5.98. The van der Waals surface area contributed by atoms with Crippen molar-refractivity contribution in [3.05, 3.63) is 52.9 Å². The van der Waals surface area contributed by atoms with E-state index in [0.717, 1.165) is 50.3 Å². The van der Waals surface area contributed by atoms with Gasteiger partial charge in [-0.15, -0.1) is 0 Å². The molecule has 1 aliphatic heterocycles. The summed E-state index contributed by atoms with van der Waals surface area (Å²) in [4.78, 5) is 22.9. The molecule has 0 radical (unpaired) electrons. The van der Waals surface area contributed by atoms with Crippen molar-refractivity contribution in [2.45, 2.75) is 26.2 Å². The minimum atomic E-state index is -0.0702. The van der Waals surface area contributed by atoms with Crippen LogP contribution in [-0.2, 0) is 4.79 Å². The van der Waals surface area contributed by atoms with Gasteiger partial charge in [-0.25, -0.2) is 0 Å². The minimum absolute atomic E-state index is 0.0702. The van der Waals surface area contributed by atoms with Crippen molar-refractivity contribution in [2.75, 3.05) is 40.4 Å². The van der Waals surface area contributed by atoms with E-state index in [0.29, 0.717) is 17.4 Å². The molecule has 158 valence electrons. The van der Waals surface area contributed by atoms with Crippen LogP contribution in [0.4, 0.5) is 0 Å². The van der Waals surface area contributed by atoms with Crippen LogP contribution < -0.4 is 5.32 Å². The molecule has 0 aliphatic carbocycles. The zero-order chi connectivity index (χ0) is 21.2. The van der Waals surface area contributed by atoms with Crippen molar-refractivity contribution in [1.29, 1.82) is 0 Å². The summed E-state index contributed by atoms with van der Waals surface area (Å²) in [5, 5.41) is 4.07. The normalized spacial score (nSPS) is 15.0. The van der Waals surface area contributed by atoms with E-state index in [1.165, 1.54) is 0 Å². The highest BCUT2D eigenvalue weighted by atomic mass is 35.5. The summed E-state index contributed by atoms with van der Waals surface area (Å²) in [5.41, 5.74) is 1.51. The number of carbonyl (C=O) groups excluding carboxylic acids is 1. The standard InChI is InChI=1S/C22H32ClN5O/c1-5-6-7-13-27-17-28(22(29)15-21(27)25-12-14-26(3)4)16-20(24-2)18-8-10-19(23)11-9-18/h8-11,15-16,25H,2,5-7,12-14,17H2,1,3-4H3/b20-16-. The number of amides is 1. The summed E-state index contributed by atoms with van der Waals surface area (Å²) in [5.74, 6) is 0.816. The predicted octanol–water partition coefficient (Wildman–Crippen LogP) is 3.62. The SMILES string of the molecule is C=N/C(=C\N1CN(CCCCC)C(NCCN(C)C)=CC1=O)c1ccc(Cl)cc1. The number of benzene rings is 1. The molecule has 1 amide bonds. The average Bonchev–Trinajstić information content (AvgIpc) is 2.69. The van der Waals surface area contributed by atoms with Gasteiger partial charge in [0.2, 0.25) is 0 Å². The molecule has 29 heavy (non-hydrogen) atoms. The molecular weight excluding hydrogens is 386 g/mol. The Labute approximate surface area is 179 Å². The van der Waals surface area contributed by atoms with Gasteiger partial charge in [0.15, 0.2) is 0 Å². The van der Waals surface area contributed by atoms with E-state index in [4.69, 9.17) is 11.6 Å². The highest BCUT2D eigenvalue weighted by molar-refractivity contribution is 6.30. The maximum atomic E-state index is 12.8. The number of likely N-dealkylation sites (N-methyl/N-ethyl adjacent to an activating group) is 1. The molecule has 7 heteroatoms. The minimum Gasteiger partial charge on any atom is -0.370 e. The van der Waals surface area contributed by atoms with E-state index in [2.05, 4.69) is 33.8 Å². The Morgan fingerprint density at radius 1 is 1.31 bits per heavy atom. The van der Waals surface area contributed by atoms with Crippen LogP contribution in [0.3, 0.4) is 0 Å². The number of hydrogen-bond acceptors (Lipinski definition) is 5. The number of rotatable bonds is 11. The third-order valence-electron chi connectivity index (χ3n) is 4.69. The Morgan fingerprint density at radius 2 is 2.03 bits per heavy atom. The Balaban J connectivity index is 2.19. The monoisotopic (exact) mass is 417 g/mol. The van der Waals surface area contributed by atoms with Crippen LogP contribution >= 0.6 is 11.6 Å². The maximum absolute atomic E-state index is 12.8. The number of hydrogen-bond donors (Lipinski definition) is 1. The van der Waals surface area contributed by atoms with Crippen LogP contribution in [0.1, 0.15) is 31.7 Å². The molecule has 1 aromatic rings. The quantitative estimate of drug-likeness (QED) is 0.441. The molecule has 1 N–H and O–H groups in total. The Kier molecular flexibility index (Phi) is 9.22. The largest absolute Gasteiger partial charge is 0.370 e. The van der Waals surface area contributed by atoms with Gasteiger partial charge >= 0.3 is 0 Å². The van der Waals surface area contributed by atoms with Crippen LogP contribution in [0.2, 0.25) is 5.02 Å². The molecule has 6 nitrogen and oxygen atoms in total. The van der Waals surface area contributed by atoms with Crippen LogP contribution in [-0.4, -0.2) is 67.7 Å². The fraction of sp³-hybridized carbons (Fsp3) is 0.455. The fourth-order valence-corrected chi connectivity index (χ4v) is 3.14. The summed E-state index contributed by atoms with van der Waals surface area (Å²) in [6, 6.07) is 7.36. The topological polar surface area (TPSA) is 51.2 Å². The van der Waals surface area contributed by atoms with E-state index in [1.807, 2.05) is 26.2 Å². The average molecular weight is 418 g/mol.